The van der Waals surface area contributed by atoms with Crippen LogP contribution in [-0.4, -0.2) is 0 Å². The predicted octanol–water partition coefficient (Wildman–Crippen LogP) is 28.2. The van der Waals surface area contributed by atoms with E-state index < -0.39 is 0 Å². The van der Waals surface area contributed by atoms with Gasteiger partial charge in [0.2, 0.25) is 22.8 Å². The second-order valence-corrected chi connectivity index (χ2v) is 33.8. The number of benzene rings is 12. The summed E-state index contributed by atoms with van der Waals surface area (Å²) >= 11 is 0. The average molecular weight is 1530 g/mol. The first kappa shape index (κ1) is 80.8. The van der Waals surface area contributed by atoms with Gasteiger partial charge in [0.1, 0.15) is 35.4 Å². The monoisotopic (exact) mass is 1530 g/mol. The van der Waals surface area contributed by atoms with Crippen molar-refractivity contribution in [2.45, 2.75) is 154 Å². The van der Waals surface area contributed by atoms with Gasteiger partial charge in [-0.3, -0.25) is 0 Å². The van der Waals surface area contributed by atoms with Crippen molar-refractivity contribution < 1.29 is 24.0 Å². The summed E-state index contributed by atoms with van der Waals surface area (Å²) in [5.74, 6) is 2.25. The number of fused-ring (bicyclic) bond motifs is 4. The Morgan fingerprint density at radius 2 is 0.612 bits per heavy atom. The topological polar surface area (TPSA) is 15.5 Å². The molecule has 0 unspecified atom stereocenters. The standard InChI is InChI=1S/C29H32N.C28H30N.C27H27FN.C27H28N/c1-19(2)23-12-13-26-24(16-23)14-15-30(6)29(26)28-18-25(22-10-8-7-9-11-22)17-27(20(3)4)21(28)5;1-18(2)23-12-13-26-25(16-23)15-20(4)29(6)28(26)27-17-24(14-19(3)21(27)5)22-10-8-7-9-11-22;1-17(2)21-11-12-23-22(15-21)14-19(4)29(5)27(23)24-16-25(26(28)13-18(24)3)20-9-7-6-8-10-20;1-18(2)22-11-14-26-24(17-22)16-20(4)28(5)27(26)25-13-12-23(15-19(25)3)21-9-7-6-8-10-21/h7-20H,1-6H3;7-18H,1-6H3;6-17H,1-5H3;6-18H,1-5H3/q4*+1/i15D;;;. The molecule has 0 atom stereocenters. The van der Waals surface area contributed by atoms with Gasteiger partial charge in [-0.15, -0.1) is 0 Å². The molecular weight excluding hydrogens is 1410 g/mol. The van der Waals surface area contributed by atoms with Gasteiger partial charge in [-0.25, -0.2) is 8.96 Å². The number of hydrogen-bond donors (Lipinski definition) is 0. The quantitative estimate of drug-likeness (QED) is 0.102. The Bertz CT molecular complexity index is 6370. The molecule has 4 heterocycles. The second-order valence-electron chi connectivity index (χ2n) is 33.8. The molecule has 5 heteroatoms. The molecule has 16 aromatic rings. The van der Waals surface area contributed by atoms with Gasteiger partial charge in [-0.1, -0.05) is 263 Å². The molecule has 116 heavy (non-hydrogen) atoms. The fourth-order valence-electron chi connectivity index (χ4n) is 16.6. The van der Waals surface area contributed by atoms with E-state index in [1.54, 1.807) is 6.07 Å². The van der Waals surface area contributed by atoms with Crippen molar-refractivity contribution >= 4 is 43.1 Å². The molecule has 4 nitrogen and oxygen atoms in total. The van der Waals surface area contributed by atoms with Crippen molar-refractivity contribution in [3.05, 3.63) is 358 Å². The molecule has 0 spiro atoms. The number of nitrogens with zero attached hydrogens (tertiary/aromatic N) is 4. The Kier molecular flexibility index (Phi) is 24.5. The summed E-state index contributed by atoms with van der Waals surface area (Å²) in [6.07, 6.45) is 0.527. The number of aryl methyl sites for hydroxylation is 6. The third kappa shape index (κ3) is 17.3. The lowest BCUT2D eigenvalue weighted by Crippen LogP contribution is -2.35. The summed E-state index contributed by atoms with van der Waals surface area (Å²) in [5.41, 5.74) is 35.5. The van der Waals surface area contributed by atoms with Crippen molar-refractivity contribution in [3.63, 3.8) is 0 Å². The smallest absolute Gasteiger partial charge is 0.206 e. The van der Waals surface area contributed by atoms with Crippen LogP contribution in [0, 0.1) is 61.2 Å². The summed E-state index contributed by atoms with van der Waals surface area (Å²) < 4.78 is 32.4. The van der Waals surface area contributed by atoms with Gasteiger partial charge in [0.25, 0.3) is 0 Å². The van der Waals surface area contributed by atoms with Gasteiger partial charge in [0.15, 0.2) is 23.3 Å². The molecule has 0 bridgehead atoms. The van der Waals surface area contributed by atoms with Gasteiger partial charge >= 0.3 is 0 Å². The summed E-state index contributed by atoms with van der Waals surface area (Å²) in [6, 6.07) is 97.6. The van der Waals surface area contributed by atoms with Crippen molar-refractivity contribution in [1.82, 2.24) is 0 Å². The molecule has 0 amide bonds. The minimum atomic E-state index is -0.181. The molecule has 584 valence electrons. The van der Waals surface area contributed by atoms with Gasteiger partial charge in [-0.2, -0.15) is 13.7 Å². The Morgan fingerprint density at radius 1 is 0.259 bits per heavy atom. The molecular formula is C111H117FN4+4. The maximum Gasteiger partial charge on any atom is 0.220 e. The molecule has 0 N–H and O–H groups in total. The maximum absolute atomic E-state index is 14.9. The van der Waals surface area contributed by atoms with E-state index in [4.69, 9.17) is 1.37 Å². The Morgan fingerprint density at radius 3 is 1.03 bits per heavy atom. The lowest BCUT2D eigenvalue weighted by molar-refractivity contribution is -0.665. The Labute approximate surface area is 692 Å². The lowest BCUT2D eigenvalue weighted by atomic mass is 9.87. The molecule has 16 rings (SSSR count). The second kappa shape index (κ2) is 35.1. The van der Waals surface area contributed by atoms with E-state index in [0.717, 1.165) is 33.5 Å². The average Bonchev–Trinajstić information content (AvgIpc) is 0.769. The molecule has 0 saturated carbocycles. The first-order valence-electron chi connectivity index (χ1n) is 42.1. The molecule has 0 aliphatic heterocycles. The zero-order valence-electron chi connectivity index (χ0n) is 73.5. The third-order valence-corrected chi connectivity index (χ3v) is 24.1. The minimum absolute atomic E-state index is 0.181. The number of hydrogen-bond acceptors (Lipinski definition) is 0. The Hall–Kier alpha value is -11.8. The fraction of sp³-hybridized carbons (Fsp3) is 0.243. The van der Waals surface area contributed by atoms with E-state index in [0.29, 0.717) is 41.3 Å². The molecule has 0 saturated heterocycles. The largest absolute Gasteiger partial charge is 0.220 e. The van der Waals surface area contributed by atoms with Crippen LogP contribution >= 0.6 is 0 Å². The first-order valence-corrected chi connectivity index (χ1v) is 41.6. The number of halogens is 1. The summed E-state index contributed by atoms with van der Waals surface area (Å²) in [4.78, 5) is 0. The highest BCUT2D eigenvalue weighted by molar-refractivity contribution is 5.99. The minimum Gasteiger partial charge on any atom is -0.206 e. The van der Waals surface area contributed by atoms with Crippen LogP contribution in [-0.2, 0) is 28.2 Å². The van der Waals surface area contributed by atoms with E-state index in [2.05, 4.69) is 377 Å². The van der Waals surface area contributed by atoms with Crippen molar-refractivity contribution in [3.8, 4) is 89.5 Å². The lowest BCUT2D eigenvalue weighted by Gasteiger charge is -2.17. The molecule has 0 fully saturated rings. The van der Waals surface area contributed by atoms with E-state index in [1.807, 2.05) is 61.0 Å². The molecule has 0 aliphatic carbocycles. The van der Waals surface area contributed by atoms with Crippen LogP contribution in [0.15, 0.2) is 279 Å². The van der Waals surface area contributed by atoms with Crippen LogP contribution in [0.1, 0.15) is 173 Å². The highest BCUT2D eigenvalue weighted by Gasteiger charge is 2.28. The zero-order valence-corrected chi connectivity index (χ0v) is 72.5. The molecule has 0 aliphatic rings. The van der Waals surface area contributed by atoms with E-state index in [-0.39, 0.29) is 5.82 Å². The van der Waals surface area contributed by atoms with Crippen molar-refractivity contribution in [2.24, 2.45) is 28.2 Å². The van der Waals surface area contributed by atoms with Crippen molar-refractivity contribution in [2.75, 3.05) is 0 Å². The highest BCUT2D eigenvalue weighted by atomic mass is 19.1. The fourth-order valence-corrected chi connectivity index (χ4v) is 16.6. The summed E-state index contributed by atoms with van der Waals surface area (Å²) in [6.45, 7) is 39.8. The maximum atomic E-state index is 14.9. The highest BCUT2D eigenvalue weighted by Crippen LogP contribution is 2.41. The van der Waals surface area contributed by atoms with Crippen LogP contribution in [0.5, 0.6) is 0 Å². The zero-order chi connectivity index (χ0) is 83.5. The molecule has 4 aromatic heterocycles. The van der Waals surface area contributed by atoms with Gasteiger partial charge in [0.05, 0.1) is 38.2 Å². The molecule has 0 radical (unpaired) electrons. The SMILES string of the molecule is Cc1cc(-c2ccccc2)cc(-c2c3ccc(C(C)C)cc3cc(C)[n+]2C)c1C.Cc1cc(-c2ccccc2)ccc1-c1c2ccc(C(C)C)cc2cc(C)[n+]1C.Cc1cc(F)c(-c2ccccc2)cc1-c1c2ccc(C(C)C)cc2cc(C)[n+]1C.[2H]c1cc2cc(C(C)C)ccc2c(-c2cc(-c3ccccc3)cc(C(C)C)c2C)[n+]1C. The van der Waals surface area contributed by atoms with E-state index in [1.165, 1.54) is 166 Å². The van der Waals surface area contributed by atoms with Crippen LogP contribution in [0.2, 0.25) is 0 Å². The molecule has 12 aromatic carbocycles. The van der Waals surface area contributed by atoms with E-state index >= 15 is 0 Å². The Balaban J connectivity index is 0.000000136. The van der Waals surface area contributed by atoms with E-state index in [9.17, 15) is 4.39 Å². The number of pyridine rings is 4. The van der Waals surface area contributed by atoms with Gasteiger partial charge in [-0.05, 0) is 235 Å². The van der Waals surface area contributed by atoms with Gasteiger partial charge < -0.3 is 0 Å². The van der Waals surface area contributed by atoms with Gasteiger partial charge in [0, 0.05) is 56.2 Å². The third-order valence-electron chi connectivity index (χ3n) is 24.1. The van der Waals surface area contributed by atoms with Crippen LogP contribution < -0.4 is 18.3 Å². The number of aromatic nitrogens is 4. The van der Waals surface area contributed by atoms with Crippen molar-refractivity contribution in [1.29, 1.82) is 0 Å². The van der Waals surface area contributed by atoms with Crippen LogP contribution in [0.3, 0.4) is 0 Å². The predicted molar refractivity (Wildman–Crippen MR) is 492 cm³/mol. The van der Waals surface area contributed by atoms with Crippen LogP contribution in [0.25, 0.3) is 133 Å². The van der Waals surface area contributed by atoms with Crippen LogP contribution in [0.4, 0.5) is 4.39 Å². The number of rotatable bonds is 13. The first-order chi connectivity index (χ1) is 56.0. The summed E-state index contributed by atoms with van der Waals surface area (Å²) in [5, 5.41) is 10.0. The normalized spacial score (nSPS) is 11.6. The summed E-state index contributed by atoms with van der Waals surface area (Å²) in [7, 11) is 8.46.